The summed E-state index contributed by atoms with van der Waals surface area (Å²) in [5, 5.41) is 11.9. The number of nitro groups is 1. The maximum atomic E-state index is 12.3. The molecule has 2 aliphatic rings. The van der Waals surface area contributed by atoms with E-state index in [1.807, 2.05) is 30.3 Å². The van der Waals surface area contributed by atoms with Crippen LogP contribution in [0.5, 0.6) is 0 Å². The highest BCUT2D eigenvalue weighted by molar-refractivity contribution is 5.77. The monoisotopic (exact) mass is 318 g/mol. The van der Waals surface area contributed by atoms with Crippen LogP contribution in [0.25, 0.3) is 0 Å². The second-order valence-corrected chi connectivity index (χ2v) is 5.78. The minimum atomic E-state index is -0.798. The average Bonchev–Trinajstić information content (AvgIpc) is 3.04. The van der Waals surface area contributed by atoms with Crippen LogP contribution in [-0.2, 0) is 14.4 Å². The molecule has 3 rings (SSSR count). The second kappa shape index (κ2) is 6.10. The SMILES string of the molecule is C=CC[C@]12[C@H](CO[C@@H]1c1ccccc1)CON2C(=O)C[N+](=O)[O-]. The maximum absolute atomic E-state index is 12.3. The van der Waals surface area contributed by atoms with E-state index in [1.54, 1.807) is 6.08 Å². The molecule has 2 aliphatic heterocycles. The van der Waals surface area contributed by atoms with Gasteiger partial charge in [-0.15, -0.1) is 6.58 Å². The molecule has 0 unspecified atom stereocenters. The van der Waals surface area contributed by atoms with Gasteiger partial charge in [-0.25, -0.2) is 5.06 Å². The van der Waals surface area contributed by atoms with Crippen LogP contribution in [0.3, 0.4) is 0 Å². The van der Waals surface area contributed by atoms with Crippen molar-refractivity contribution in [2.45, 2.75) is 18.1 Å². The minimum absolute atomic E-state index is 0.0404. The van der Waals surface area contributed by atoms with Crippen LogP contribution in [0.1, 0.15) is 18.1 Å². The summed E-state index contributed by atoms with van der Waals surface area (Å²) in [4.78, 5) is 27.9. The first-order valence-electron chi connectivity index (χ1n) is 7.45. The number of rotatable bonds is 5. The van der Waals surface area contributed by atoms with Gasteiger partial charge in [0.2, 0.25) is 0 Å². The molecule has 0 aromatic heterocycles. The third kappa shape index (κ3) is 2.51. The van der Waals surface area contributed by atoms with Crippen molar-refractivity contribution in [3.63, 3.8) is 0 Å². The van der Waals surface area contributed by atoms with Crippen molar-refractivity contribution in [1.82, 2.24) is 5.06 Å². The van der Waals surface area contributed by atoms with Crippen molar-refractivity contribution in [2.75, 3.05) is 19.8 Å². The van der Waals surface area contributed by atoms with Crippen molar-refractivity contribution in [3.8, 4) is 0 Å². The summed E-state index contributed by atoms with van der Waals surface area (Å²) in [6.07, 6.45) is 1.75. The van der Waals surface area contributed by atoms with Crippen LogP contribution in [0, 0.1) is 16.0 Å². The molecule has 0 aliphatic carbocycles. The van der Waals surface area contributed by atoms with E-state index in [0.29, 0.717) is 19.6 Å². The predicted octanol–water partition coefficient (Wildman–Crippen LogP) is 1.74. The van der Waals surface area contributed by atoms with Crippen LogP contribution in [0.4, 0.5) is 0 Å². The van der Waals surface area contributed by atoms with Crippen molar-refractivity contribution < 1.29 is 19.3 Å². The molecule has 0 N–H and O–H groups in total. The van der Waals surface area contributed by atoms with Crippen LogP contribution >= 0.6 is 0 Å². The van der Waals surface area contributed by atoms with E-state index in [9.17, 15) is 14.9 Å². The van der Waals surface area contributed by atoms with Gasteiger partial charge in [-0.1, -0.05) is 36.4 Å². The molecule has 2 saturated heterocycles. The van der Waals surface area contributed by atoms with Gasteiger partial charge < -0.3 is 4.74 Å². The highest BCUT2D eigenvalue weighted by Gasteiger charge is 2.61. The third-order valence-electron chi connectivity index (χ3n) is 4.47. The van der Waals surface area contributed by atoms with Crippen LogP contribution in [0.15, 0.2) is 43.0 Å². The number of hydroxylamine groups is 2. The minimum Gasteiger partial charge on any atom is -0.370 e. The van der Waals surface area contributed by atoms with Gasteiger partial charge in [0.1, 0.15) is 11.6 Å². The van der Waals surface area contributed by atoms with Crippen LogP contribution in [-0.4, -0.2) is 41.2 Å². The Hall–Kier alpha value is -2.25. The Morgan fingerprint density at radius 1 is 1.43 bits per heavy atom. The number of hydrogen-bond acceptors (Lipinski definition) is 5. The van der Waals surface area contributed by atoms with Gasteiger partial charge in [0.25, 0.3) is 6.54 Å². The molecular weight excluding hydrogens is 300 g/mol. The van der Waals surface area contributed by atoms with Crippen LogP contribution < -0.4 is 0 Å². The Morgan fingerprint density at radius 3 is 2.83 bits per heavy atom. The van der Waals surface area contributed by atoms with Gasteiger partial charge in [0.05, 0.1) is 13.2 Å². The largest absolute Gasteiger partial charge is 0.370 e. The average molecular weight is 318 g/mol. The zero-order valence-corrected chi connectivity index (χ0v) is 12.6. The molecule has 122 valence electrons. The van der Waals surface area contributed by atoms with Crippen molar-refractivity contribution in [3.05, 3.63) is 58.7 Å². The number of nitrogens with zero attached hydrogens (tertiary/aromatic N) is 2. The number of carbonyl (C=O) groups is 1. The highest BCUT2D eigenvalue weighted by Crippen LogP contribution is 2.52. The molecule has 0 saturated carbocycles. The lowest BCUT2D eigenvalue weighted by atomic mass is 9.77. The van der Waals surface area contributed by atoms with Gasteiger partial charge in [-0.3, -0.25) is 19.7 Å². The lowest BCUT2D eigenvalue weighted by Crippen LogP contribution is -2.53. The fourth-order valence-corrected chi connectivity index (χ4v) is 3.54. The van der Waals surface area contributed by atoms with Gasteiger partial charge in [0, 0.05) is 10.8 Å². The molecule has 23 heavy (non-hydrogen) atoms. The third-order valence-corrected chi connectivity index (χ3v) is 4.47. The van der Waals surface area contributed by atoms with Crippen molar-refractivity contribution in [2.24, 2.45) is 5.92 Å². The fraction of sp³-hybridized carbons (Fsp3) is 0.438. The Morgan fingerprint density at radius 2 is 2.17 bits per heavy atom. The first-order valence-corrected chi connectivity index (χ1v) is 7.45. The molecule has 0 spiro atoms. The fourth-order valence-electron chi connectivity index (χ4n) is 3.54. The number of carbonyl (C=O) groups excluding carboxylic acids is 1. The Bertz CT molecular complexity index is 620. The first kappa shape index (κ1) is 15.6. The summed E-state index contributed by atoms with van der Waals surface area (Å²) in [5.74, 6) is -0.702. The van der Waals surface area contributed by atoms with Crippen molar-refractivity contribution in [1.29, 1.82) is 0 Å². The summed E-state index contributed by atoms with van der Waals surface area (Å²) in [7, 11) is 0. The maximum Gasteiger partial charge on any atom is 0.318 e. The zero-order valence-electron chi connectivity index (χ0n) is 12.6. The van der Waals surface area contributed by atoms with E-state index < -0.39 is 29.0 Å². The molecule has 1 aromatic carbocycles. The summed E-state index contributed by atoms with van der Waals surface area (Å²) in [6, 6.07) is 9.54. The molecule has 1 aromatic rings. The number of amides is 1. The van der Waals surface area contributed by atoms with Crippen molar-refractivity contribution >= 4 is 5.91 Å². The standard InChI is InChI=1S/C16H18N2O5/c1-2-8-16-13(11-23-18(16)14(19)9-17(20)21)10-22-15(16)12-6-4-3-5-7-12/h2-7,13,15H,1,8-11H2/t13-,15-,16+/m1/s1. The molecule has 7 nitrogen and oxygen atoms in total. The summed E-state index contributed by atoms with van der Waals surface area (Å²) < 4.78 is 5.96. The number of ether oxygens (including phenoxy) is 1. The first-order chi connectivity index (χ1) is 11.1. The Kier molecular flexibility index (Phi) is 4.14. The molecule has 2 heterocycles. The van der Waals surface area contributed by atoms with Gasteiger partial charge >= 0.3 is 5.91 Å². The normalized spacial score (nSPS) is 29.3. The van der Waals surface area contributed by atoms with Gasteiger partial charge in [-0.05, 0) is 12.0 Å². The number of fused-ring (bicyclic) bond motifs is 1. The molecular formula is C16H18N2O5. The summed E-state index contributed by atoms with van der Waals surface area (Å²) in [5.41, 5.74) is 0.136. The van der Waals surface area contributed by atoms with E-state index in [2.05, 4.69) is 6.58 Å². The molecule has 3 atom stereocenters. The Labute approximate surface area is 133 Å². The summed E-state index contributed by atoms with van der Waals surface area (Å²) >= 11 is 0. The number of hydrogen-bond donors (Lipinski definition) is 0. The van der Waals surface area contributed by atoms with E-state index in [1.165, 1.54) is 5.06 Å². The van der Waals surface area contributed by atoms with E-state index in [0.717, 1.165) is 5.56 Å². The smallest absolute Gasteiger partial charge is 0.318 e. The van der Waals surface area contributed by atoms with Crippen LogP contribution in [0.2, 0.25) is 0 Å². The summed E-state index contributed by atoms with van der Waals surface area (Å²) in [6.45, 7) is 3.73. The quantitative estimate of drug-likeness (QED) is 0.469. The van der Waals surface area contributed by atoms with Gasteiger partial charge in [0.15, 0.2) is 0 Å². The predicted molar refractivity (Wildman–Crippen MR) is 80.8 cm³/mol. The Balaban J connectivity index is 2.00. The lowest BCUT2D eigenvalue weighted by Gasteiger charge is -2.38. The van der Waals surface area contributed by atoms with E-state index in [4.69, 9.17) is 9.57 Å². The molecule has 2 fully saturated rings. The highest BCUT2D eigenvalue weighted by atomic mass is 16.7. The molecule has 0 radical (unpaired) electrons. The van der Waals surface area contributed by atoms with E-state index in [-0.39, 0.29) is 5.92 Å². The topological polar surface area (TPSA) is 81.9 Å². The molecule has 7 heteroatoms. The van der Waals surface area contributed by atoms with E-state index >= 15 is 0 Å². The lowest BCUT2D eigenvalue weighted by molar-refractivity contribution is -0.471. The zero-order chi connectivity index (χ0) is 16.4. The molecule has 0 bridgehead atoms. The number of benzene rings is 1. The van der Waals surface area contributed by atoms with Gasteiger partial charge in [-0.2, -0.15) is 0 Å². The second-order valence-electron chi connectivity index (χ2n) is 5.78. The molecule has 1 amide bonds.